The molecule has 0 atom stereocenters. The molecule has 0 heterocycles. The van der Waals surface area contributed by atoms with E-state index in [0.29, 0.717) is 11.1 Å². The first kappa shape index (κ1) is 14.8. The van der Waals surface area contributed by atoms with E-state index >= 15 is 0 Å². The number of halogens is 1. The maximum absolute atomic E-state index is 12.2. The zero-order valence-corrected chi connectivity index (χ0v) is 12.0. The van der Waals surface area contributed by atoms with E-state index in [4.69, 9.17) is 11.6 Å². The number of nitrogens with zero attached hydrogens (tertiary/aromatic N) is 1. The fourth-order valence-corrected chi connectivity index (χ4v) is 2.73. The highest BCUT2D eigenvalue weighted by atomic mass is 35.5. The van der Waals surface area contributed by atoms with Crippen molar-refractivity contribution < 1.29 is 9.72 Å². The maximum atomic E-state index is 12.2. The summed E-state index contributed by atoms with van der Waals surface area (Å²) < 4.78 is 0. The van der Waals surface area contributed by atoms with E-state index in [1.54, 1.807) is 6.92 Å². The minimum atomic E-state index is -0.462. The van der Waals surface area contributed by atoms with Crippen molar-refractivity contribution in [1.82, 2.24) is 5.32 Å². The van der Waals surface area contributed by atoms with Crippen LogP contribution in [0, 0.1) is 17.0 Å². The Kier molecular flexibility index (Phi) is 4.60. The van der Waals surface area contributed by atoms with Crippen LogP contribution in [0.3, 0.4) is 0 Å². The lowest BCUT2D eigenvalue weighted by molar-refractivity contribution is -0.384. The van der Waals surface area contributed by atoms with Crippen molar-refractivity contribution in [3.8, 4) is 0 Å². The summed E-state index contributed by atoms with van der Waals surface area (Å²) in [6.45, 7) is 1.71. The molecule has 5 nitrogen and oxygen atoms in total. The molecule has 20 heavy (non-hydrogen) atoms. The third kappa shape index (κ3) is 3.48. The van der Waals surface area contributed by atoms with E-state index in [-0.39, 0.29) is 23.0 Å². The molecule has 108 valence electrons. The Morgan fingerprint density at radius 2 is 2.00 bits per heavy atom. The molecule has 0 aliphatic heterocycles. The lowest BCUT2D eigenvalue weighted by Gasteiger charge is -2.26. The summed E-state index contributed by atoms with van der Waals surface area (Å²) in [7, 11) is 0. The molecule has 6 heteroatoms. The average Bonchev–Trinajstić information content (AvgIpc) is 2.41. The zero-order chi connectivity index (χ0) is 14.7. The van der Waals surface area contributed by atoms with Gasteiger partial charge in [-0.1, -0.05) is 0 Å². The zero-order valence-electron chi connectivity index (χ0n) is 11.3. The van der Waals surface area contributed by atoms with E-state index in [1.807, 2.05) is 0 Å². The summed E-state index contributed by atoms with van der Waals surface area (Å²) in [6, 6.07) is 4.44. The second-order valence-electron chi connectivity index (χ2n) is 5.18. The van der Waals surface area contributed by atoms with Crippen LogP contribution in [0.5, 0.6) is 0 Å². The molecule has 1 aliphatic rings. The number of nitrogens with one attached hydrogen (secondary N) is 1. The molecule has 0 radical (unpaired) electrons. The minimum Gasteiger partial charge on any atom is -0.349 e. The first-order chi connectivity index (χ1) is 9.47. The van der Waals surface area contributed by atoms with Crippen LogP contribution in [0.15, 0.2) is 18.2 Å². The van der Waals surface area contributed by atoms with Crippen LogP contribution in [-0.4, -0.2) is 22.2 Å². The van der Waals surface area contributed by atoms with Gasteiger partial charge in [0.25, 0.3) is 11.6 Å². The second kappa shape index (κ2) is 6.22. The molecule has 0 spiro atoms. The molecule has 0 unspecified atom stereocenters. The molecular weight excluding hydrogens is 280 g/mol. The van der Waals surface area contributed by atoms with Gasteiger partial charge in [0.05, 0.1) is 4.92 Å². The first-order valence-electron chi connectivity index (χ1n) is 6.67. The predicted molar refractivity (Wildman–Crippen MR) is 77.2 cm³/mol. The summed E-state index contributed by atoms with van der Waals surface area (Å²) in [4.78, 5) is 22.4. The maximum Gasteiger partial charge on any atom is 0.269 e. The van der Waals surface area contributed by atoms with Crippen molar-refractivity contribution in [2.75, 3.05) is 0 Å². The van der Waals surface area contributed by atoms with E-state index in [9.17, 15) is 14.9 Å². The number of nitro benzene ring substituents is 1. The number of alkyl halides is 1. The standard InChI is InChI=1S/C14H17ClN2O3/c1-9-8-12(17(19)20)6-7-13(9)14(18)16-11-4-2-10(15)3-5-11/h6-8,10-11H,2-5H2,1H3,(H,16,18). The van der Waals surface area contributed by atoms with Crippen molar-refractivity contribution in [3.63, 3.8) is 0 Å². The van der Waals surface area contributed by atoms with Gasteiger partial charge in [-0.3, -0.25) is 14.9 Å². The molecule has 1 aromatic rings. The van der Waals surface area contributed by atoms with Gasteiger partial charge in [0, 0.05) is 29.1 Å². The molecule has 1 aromatic carbocycles. The number of nitro groups is 1. The van der Waals surface area contributed by atoms with Gasteiger partial charge >= 0.3 is 0 Å². The topological polar surface area (TPSA) is 72.2 Å². The number of hydrogen-bond donors (Lipinski definition) is 1. The number of amides is 1. The number of hydrogen-bond acceptors (Lipinski definition) is 3. The van der Waals surface area contributed by atoms with E-state index < -0.39 is 4.92 Å². The Bertz CT molecular complexity index is 525. The van der Waals surface area contributed by atoms with E-state index in [2.05, 4.69) is 5.32 Å². The van der Waals surface area contributed by atoms with Gasteiger partial charge < -0.3 is 5.32 Å². The highest BCUT2D eigenvalue weighted by Gasteiger charge is 2.22. The molecule has 2 rings (SSSR count). The van der Waals surface area contributed by atoms with Crippen molar-refractivity contribution in [2.45, 2.75) is 44.0 Å². The Hall–Kier alpha value is -1.62. The molecule has 1 aliphatic carbocycles. The summed E-state index contributed by atoms with van der Waals surface area (Å²) in [5, 5.41) is 13.9. The van der Waals surface area contributed by atoms with Gasteiger partial charge in [0.1, 0.15) is 0 Å². The van der Waals surface area contributed by atoms with Gasteiger partial charge in [-0.15, -0.1) is 11.6 Å². The third-order valence-corrected chi connectivity index (χ3v) is 4.09. The molecule has 0 saturated heterocycles. The SMILES string of the molecule is Cc1cc([N+](=O)[O-])ccc1C(=O)NC1CCC(Cl)CC1. The van der Waals surface area contributed by atoms with Crippen molar-refractivity contribution in [1.29, 1.82) is 0 Å². The van der Waals surface area contributed by atoms with Crippen molar-refractivity contribution in [3.05, 3.63) is 39.4 Å². The molecule has 1 N–H and O–H groups in total. The monoisotopic (exact) mass is 296 g/mol. The van der Waals surface area contributed by atoms with Gasteiger partial charge in [-0.05, 0) is 44.2 Å². The highest BCUT2D eigenvalue weighted by Crippen LogP contribution is 2.23. The molecule has 0 aromatic heterocycles. The number of carbonyl (C=O) groups excluding carboxylic acids is 1. The summed E-state index contributed by atoms with van der Waals surface area (Å²) in [6.07, 6.45) is 3.58. The fraction of sp³-hybridized carbons (Fsp3) is 0.500. The number of aryl methyl sites for hydroxylation is 1. The van der Waals surface area contributed by atoms with E-state index in [1.165, 1.54) is 18.2 Å². The second-order valence-corrected chi connectivity index (χ2v) is 5.80. The molecule has 0 bridgehead atoms. The Labute approximate surface area is 122 Å². The summed E-state index contributed by atoms with van der Waals surface area (Å²) in [5.41, 5.74) is 1.10. The average molecular weight is 297 g/mol. The lowest BCUT2D eigenvalue weighted by atomic mass is 9.94. The van der Waals surface area contributed by atoms with Gasteiger partial charge in [0.2, 0.25) is 0 Å². The normalized spacial score (nSPS) is 22.3. The third-order valence-electron chi connectivity index (χ3n) is 3.66. The number of rotatable bonds is 3. The lowest BCUT2D eigenvalue weighted by Crippen LogP contribution is -2.38. The predicted octanol–water partition coefficient (Wildman–Crippen LogP) is 3.18. The fourth-order valence-electron chi connectivity index (χ4n) is 2.48. The van der Waals surface area contributed by atoms with Crippen LogP contribution < -0.4 is 5.32 Å². The highest BCUT2D eigenvalue weighted by molar-refractivity contribution is 6.20. The largest absolute Gasteiger partial charge is 0.349 e. The van der Waals surface area contributed by atoms with Crippen LogP contribution in [0.4, 0.5) is 5.69 Å². The number of carbonyl (C=O) groups is 1. The Morgan fingerprint density at radius 3 is 2.55 bits per heavy atom. The van der Waals surface area contributed by atoms with Crippen LogP contribution in [0.25, 0.3) is 0 Å². The van der Waals surface area contributed by atoms with Crippen molar-refractivity contribution in [2.24, 2.45) is 0 Å². The minimum absolute atomic E-state index is 0.00157. The van der Waals surface area contributed by atoms with Crippen LogP contribution >= 0.6 is 11.6 Å². The van der Waals surface area contributed by atoms with Crippen molar-refractivity contribution >= 4 is 23.2 Å². The van der Waals surface area contributed by atoms with Crippen LogP contribution in [0.2, 0.25) is 0 Å². The molecule has 1 saturated carbocycles. The van der Waals surface area contributed by atoms with E-state index in [0.717, 1.165) is 25.7 Å². The Morgan fingerprint density at radius 1 is 1.35 bits per heavy atom. The van der Waals surface area contributed by atoms with Gasteiger partial charge in [-0.25, -0.2) is 0 Å². The molecular formula is C14H17ClN2O3. The smallest absolute Gasteiger partial charge is 0.269 e. The molecule has 1 amide bonds. The summed E-state index contributed by atoms with van der Waals surface area (Å²) >= 11 is 6.03. The number of non-ortho nitro benzene ring substituents is 1. The first-order valence-corrected chi connectivity index (χ1v) is 7.11. The van der Waals surface area contributed by atoms with Gasteiger partial charge in [0.15, 0.2) is 0 Å². The Balaban J connectivity index is 2.04. The van der Waals surface area contributed by atoms with Crippen LogP contribution in [-0.2, 0) is 0 Å². The molecule has 1 fully saturated rings. The summed E-state index contributed by atoms with van der Waals surface area (Å²) in [5.74, 6) is -0.171. The van der Waals surface area contributed by atoms with Gasteiger partial charge in [-0.2, -0.15) is 0 Å². The quantitative estimate of drug-likeness (QED) is 0.529. The number of benzene rings is 1. The van der Waals surface area contributed by atoms with Crippen LogP contribution in [0.1, 0.15) is 41.6 Å².